The lowest BCUT2D eigenvalue weighted by Crippen LogP contribution is -2.45. The number of carbonyl (C=O) groups excluding carboxylic acids is 1. The van der Waals surface area contributed by atoms with Crippen molar-refractivity contribution in [3.8, 4) is 11.5 Å². The molecule has 0 amide bonds. The van der Waals surface area contributed by atoms with Crippen LogP contribution < -0.4 is 15.2 Å². The third kappa shape index (κ3) is 6.04. The monoisotopic (exact) mass is 295 g/mol. The largest absolute Gasteiger partial charge is 0.494 e. The zero-order chi connectivity index (χ0) is 15.7. The number of hydrogen-bond donors (Lipinski definition) is 1. The van der Waals surface area contributed by atoms with Gasteiger partial charge in [0.25, 0.3) is 0 Å². The average molecular weight is 295 g/mol. The predicted octanol–water partition coefficient (Wildman–Crippen LogP) is 2.52. The fourth-order valence-electron chi connectivity index (χ4n) is 1.94. The van der Waals surface area contributed by atoms with Crippen LogP contribution in [0.4, 0.5) is 0 Å². The molecule has 0 heterocycles. The van der Waals surface area contributed by atoms with Crippen LogP contribution in [0.5, 0.6) is 11.5 Å². The molecule has 1 aromatic carbocycles. The summed E-state index contributed by atoms with van der Waals surface area (Å²) in [5.74, 6) is 1.20. The van der Waals surface area contributed by atoms with E-state index in [2.05, 4.69) is 4.74 Å². The van der Waals surface area contributed by atoms with E-state index >= 15 is 0 Å². The second-order valence-electron chi connectivity index (χ2n) is 5.12. The number of unbranched alkanes of at least 4 members (excludes halogenated alkanes) is 1. The Labute approximate surface area is 126 Å². The summed E-state index contributed by atoms with van der Waals surface area (Å²) in [7, 11) is 1.35. The highest BCUT2D eigenvalue weighted by molar-refractivity contribution is 5.79. The first kappa shape index (κ1) is 17.3. The Morgan fingerprint density at radius 1 is 1.24 bits per heavy atom. The lowest BCUT2D eigenvalue weighted by atomic mass is 9.96. The molecule has 1 unspecified atom stereocenters. The minimum atomic E-state index is -0.927. The second kappa shape index (κ2) is 8.52. The number of nitrogens with two attached hydrogens (primary N) is 1. The molecule has 0 saturated carbocycles. The number of ether oxygens (including phenoxy) is 3. The van der Waals surface area contributed by atoms with E-state index in [4.69, 9.17) is 15.2 Å². The van der Waals surface area contributed by atoms with Crippen LogP contribution in [0.2, 0.25) is 0 Å². The number of methoxy groups -OCH3 is 1. The molecule has 118 valence electrons. The molecule has 2 N–H and O–H groups in total. The molecular weight excluding hydrogens is 270 g/mol. The van der Waals surface area contributed by atoms with Crippen molar-refractivity contribution in [2.24, 2.45) is 5.73 Å². The van der Waals surface area contributed by atoms with Crippen LogP contribution in [0.1, 0.15) is 33.1 Å². The summed E-state index contributed by atoms with van der Waals surface area (Å²) >= 11 is 0. The molecule has 0 fully saturated rings. The number of benzene rings is 1. The molecule has 21 heavy (non-hydrogen) atoms. The van der Waals surface area contributed by atoms with Crippen molar-refractivity contribution in [3.63, 3.8) is 0 Å². The van der Waals surface area contributed by atoms with Gasteiger partial charge in [0.05, 0.1) is 20.3 Å². The lowest BCUT2D eigenvalue weighted by molar-refractivity contribution is -0.146. The van der Waals surface area contributed by atoms with Gasteiger partial charge in [-0.3, -0.25) is 4.79 Å². The Hall–Kier alpha value is -1.75. The van der Waals surface area contributed by atoms with Crippen LogP contribution in [0.15, 0.2) is 24.3 Å². The van der Waals surface area contributed by atoms with Crippen molar-refractivity contribution < 1.29 is 19.0 Å². The first-order valence-electron chi connectivity index (χ1n) is 7.22. The summed E-state index contributed by atoms with van der Waals surface area (Å²) in [6.07, 6.45) is 2.19. The molecule has 1 rings (SSSR count). The summed E-state index contributed by atoms with van der Waals surface area (Å²) in [4.78, 5) is 11.4. The standard InChI is InChI=1S/C16H25NO4/c1-4-20-13-8-7-9-14(12-13)21-11-6-5-10-16(2,17)15(18)19-3/h7-9,12H,4-6,10-11,17H2,1-3H3. The molecule has 0 aliphatic carbocycles. The van der Waals surface area contributed by atoms with Gasteiger partial charge in [-0.1, -0.05) is 6.07 Å². The highest BCUT2D eigenvalue weighted by atomic mass is 16.5. The van der Waals surface area contributed by atoms with E-state index in [0.717, 1.165) is 24.3 Å². The van der Waals surface area contributed by atoms with E-state index in [1.165, 1.54) is 7.11 Å². The van der Waals surface area contributed by atoms with E-state index in [-0.39, 0.29) is 5.97 Å². The van der Waals surface area contributed by atoms with Crippen molar-refractivity contribution >= 4 is 5.97 Å². The van der Waals surface area contributed by atoms with Gasteiger partial charge in [0.15, 0.2) is 0 Å². The summed E-state index contributed by atoms with van der Waals surface area (Å²) in [6, 6.07) is 7.55. The van der Waals surface area contributed by atoms with Crippen LogP contribution >= 0.6 is 0 Å². The van der Waals surface area contributed by atoms with Gasteiger partial charge in [-0.25, -0.2) is 0 Å². The number of rotatable bonds is 9. The molecule has 1 aromatic rings. The van der Waals surface area contributed by atoms with E-state index in [1.807, 2.05) is 31.2 Å². The van der Waals surface area contributed by atoms with Crippen molar-refractivity contribution in [1.29, 1.82) is 0 Å². The Kier molecular flexibility index (Phi) is 7.02. The van der Waals surface area contributed by atoms with E-state index in [9.17, 15) is 4.79 Å². The number of hydrogen-bond acceptors (Lipinski definition) is 5. The molecule has 5 heteroatoms. The molecule has 0 bridgehead atoms. The van der Waals surface area contributed by atoms with Gasteiger partial charge in [-0.2, -0.15) is 0 Å². The first-order valence-corrected chi connectivity index (χ1v) is 7.22. The topological polar surface area (TPSA) is 70.8 Å². The van der Waals surface area contributed by atoms with Crippen LogP contribution in [-0.2, 0) is 9.53 Å². The molecule has 1 atom stereocenters. The van der Waals surface area contributed by atoms with E-state index < -0.39 is 5.54 Å². The maximum absolute atomic E-state index is 11.4. The van der Waals surface area contributed by atoms with Crippen LogP contribution in [0.25, 0.3) is 0 Å². The summed E-state index contributed by atoms with van der Waals surface area (Å²) in [5, 5.41) is 0. The Morgan fingerprint density at radius 2 is 1.90 bits per heavy atom. The zero-order valence-electron chi connectivity index (χ0n) is 13.1. The maximum atomic E-state index is 11.4. The lowest BCUT2D eigenvalue weighted by Gasteiger charge is -2.21. The van der Waals surface area contributed by atoms with Gasteiger partial charge in [-0.05, 0) is 45.2 Å². The molecule has 0 aliphatic heterocycles. The van der Waals surface area contributed by atoms with E-state index in [0.29, 0.717) is 19.6 Å². The quantitative estimate of drug-likeness (QED) is 0.560. The van der Waals surface area contributed by atoms with Gasteiger partial charge >= 0.3 is 5.97 Å². The minimum Gasteiger partial charge on any atom is -0.494 e. The van der Waals surface area contributed by atoms with Crippen molar-refractivity contribution in [2.75, 3.05) is 20.3 Å². The summed E-state index contributed by atoms with van der Waals surface area (Å²) in [6.45, 7) is 4.84. The first-order chi connectivity index (χ1) is 9.99. The normalized spacial score (nSPS) is 13.3. The molecule has 0 aromatic heterocycles. The predicted molar refractivity (Wildman–Crippen MR) is 81.6 cm³/mol. The minimum absolute atomic E-state index is 0.382. The van der Waals surface area contributed by atoms with Crippen molar-refractivity contribution in [1.82, 2.24) is 0 Å². The van der Waals surface area contributed by atoms with Crippen molar-refractivity contribution in [2.45, 2.75) is 38.6 Å². The fourth-order valence-corrected chi connectivity index (χ4v) is 1.94. The average Bonchev–Trinajstić information content (AvgIpc) is 2.46. The third-order valence-corrected chi connectivity index (χ3v) is 3.13. The molecule has 0 saturated heterocycles. The molecule has 0 aliphatic rings. The summed E-state index contributed by atoms with van der Waals surface area (Å²) < 4.78 is 15.7. The smallest absolute Gasteiger partial charge is 0.325 e. The Morgan fingerprint density at radius 3 is 2.52 bits per heavy atom. The van der Waals surface area contributed by atoms with Crippen LogP contribution in [0, 0.1) is 0 Å². The second-order valence-corrected chi connectivity index (χ2v) is 5.12. The van der Waals surface area contributed by atoms with Crippen LogP contribution in [0.3, 0.4) is 0 Å². The van der Waals surface area contributed by atoms with E-state index in [1.54, 1.807) is 6.92 Å². The maximum Gasteiger partial charge on any atom is 0.325 e. The van der Waals surface area contributed by atoms with Crippen LogP contribution in [-0.4, -0.2) is 31.8 Å². The molecule has 5 nitrogen and oxygen atoms in total. The summed E-state index contributed by atoms with van der Waals surface area (Å²) in [5.41, 5.74) is 4.96. The van der Waals surface area contributed by atoms with Gasteiger partial charge in [0, 0.05) is 6.07 Å². The fraction of sp³-hybridized carbons (Fsp3) is 0.562. The van der Waals surface area contributed by atoms with Gasteiger partial charge in [0.2, 0.25) is 0 Å². The highest BCUT2D eigenvalue weighted by Gasteiger charge is 2.28. The SMILES string of the molecule is CCOc1cccc(OCCCCC(C)(N)C(=O)OC)c1. The Balaban J connectivity index is 2.28. The molecular formula is C16H25NO4. The zero-order valence-corrected chi connectivity index (χ0v) is 13.1. The molecule has 0 radical (unpaired) electrons. The highest BCUT2D eigenvalue weighted by Crippen LogP contribution is 2.20. The Bertz CT molecular complexity index is 446. The van der Waals surface area contributed by atoms with Gasteiger partial charge < -0.3 is 19.9 Å². The van der Waals surface area contributed by atoms with Gasteiger partial charge in [0.1, 0.15) is 17.0 Å². The third-order valence-electron chi connectivity index (χ3n) is 3.13. The van der Waals surface area contributed by atoms with Crippen molar-refractivity contribution in [3.05, 3.63) is 24.3 Å². The number of esters is 1. The van der Waals surface area contributed by atoms with Gasteiger partial charge in [-0.15, -0.1) is 0 Å². The molecule has 0 spiro atoms. The number of carbonyl (C=O) groups is 1.